The maximum Gasteiger partial charge on any atom is 0.123 e. The summed E-state index contributed by atoms with van der Waals surface area (Å²) >= 11 is 0. The summed E-state index contributed by atoms with van der Waals surface area (Å²) in [5.41, 5.74) is 2.09. The molecule has 3 atom stereocenters. The predicted octanol–water partition coefficient (Wildman–Crippen LogP) is 3.17. The quantitative estimate of drug-likeness (QED) is 0.836. The summed E-state index contributed by atoms with van der Waals surface area (Å²) in [6.07, 6.45) is 4.08. The van der Waals surface area contributed by atoms with E-state index >= 15 is 0 Å². The van der Waals surface area contributed by atoms with Gasteiger partial charge in [-0.2, -0.15) is 0 Å². The van der Waals surface area contributed by atoms with Crippen molar-refractivity contribution in [3.05, 3.63) is 65.7 Å². The molecule has 2 aromatic rings. The van der Waals surface area contributed by atoms with E-state index in [1.807, 2.05) is 30.3 Å². The molecule has 1 aliphatic carbocycles. The van der Waals surface area contributed by atoms with Crippen molar-refractivity contribution >= 4 is 0 Å². The highest BCUT2D eigenvalue weighted by Crippen LogP contribution is 2.33. The van der Waals surface area contributed by atoms with E-state index < -0.39 is 0 Å². The standard InChI is InChI=1S/C20H23FN2O2/c21-16-6-4-15(5-7-16)13-23-11-12-24-20-18(23)8-9-19(20)25-14-17-3-1-2-10-22-17/h1-7,10,18-20H,8-9,11-14H2/t18-,19+,20+/m1/s1. The number of rotatable bonds is 5. The molecule has 0 amide bonds. The molecule has 0 unspecified atom stereocenters. The summed E-state index contributed by atoms with van der Waals surface area (Å²) < 4.78 is 25.3. The van der Waals surface area contributed by atoms with Gasteiger partial charge in [0.2, 0.25) is 0 Å². The van der Waals surface area contributed by atoms with Gasteiger partial charge in [0.05, 0.1) is 31.1 Å². The van der Waals surface area contributed by atoms with E-state index in [0.29, 0.717) is 19.3 Å². The van der Waals surface area contributed by atoms with Crippen LogP contribution >= 0.6 is 0 Å². The molecule has 1 aromatic heterocycles. The van der Waals surface area contributed by atoms with Gasteiger partial charge in [-0.15, -0.1) is 0 Å². The summed E-state index contributed by atoms with van der Waals surface area (Å²) in [5.74, 6) is -0.188. The Morgan fingerprint density at radius 1 is 1.16 bits per heavy atom. The molecule has 1 saturated heterocycles. The van der Waals surface area contributed by atoms with Crippen LogP contribution in [-0.4, -0.2) is 41.3 Å². The third kappa shape index (κ3) is 3.89. The van der Waals surface area contributed by atoms with Gasteiger partial charge in [0.15, 0.2) is 0 Å². The number of pyridine rings is 1. The number of fused-ring (bicyclic) bond motifs is 1. The molecule has 1 aliphatic heterocycles. The Morgan fingerprint density at radius 2 is 2.04 bits per heavy atom. The van der Waals surface area contributed by atoms with Crippen molar-refractivity contribution in [2.24, 2.45) is 0 Å². The van der Waals surface area contributed by atoms with Gasteiger partial charge in [-0.25, -0.2) is 4.39 Å². The van der Waals surface area contributed by atoms with Gasteiger partial charge in [0.25, 0.3) is 0 Å². The summed E-state index contributed by atoms with van der Waals surface area (Å²) in [5, 5.41) is 0. The predicted molar refractivity (Wildman–Crippen MR) is 92.4 cm³/mol. The molecule has 1 aromatic carbocycles. The lowest BCUT2D eigenvalue weighted by atomic mass is 10.1. The molecule has 132 valence electrons. The maximum absolute atomic E-state index is 13.1. The van der Waals surface area contributed by atoms with Crippen LogP contribution in [0.5, 0.6) is 0 Å². The normalized spacial score (nSPS) is 26.5. The first-order valence-corrected chi connectivity index (χ1v) is 8.91. The highest BCUT2D eigenvalue weighted by atomic mass is 19.1. The van der Waals surface area contributed by atoms with Gasteiger partial charge in [-0.1, -0.05) is 18.2 Å². The van der Waals surface area contributed by atoms with Gasteiger partial charge in [-0.05, 0) is 42.7 Å². The largest absolute Gasteiger partial charge is 0.373 e. The molecular weight excluding hydrogens is 319 g/mol. The zero-order chi connectivity index (χ0) is 17.1. The molecule has 0 spiro atoms. The number of ether oxygens (including phenoxy) is 2. The molecule has 1 saturated carbocycles. The lowest BCUT2D eigenvalue weighted by molar-refractivity contribution is -0.119. The molecule has 2 heterocycles. The SMILES string of the molecule is Fc1ccc(CN2CCO[C@@H]3[C@@H](OCc4ccccn4)CC[C@H]32)cc1. The van der Waals surface area contributed by atoms with Crippen molar-refractivity contribution in [2.75, 3.05) is 13.2 Å². The molecule has 0 N–H and O–H groups in total. The van der Waals surface area contributed by atoms with E-state index in [1.165, 1.54) is 12.1 Å². The smallest absolute Gasteiger partial charge is 0.123 e. The third-order valence-corrected chi connectivity index (χ3v) is 5.12. The van der Waals surface area contributed by atoms with Crippen LogP contribution in [0.2, 0.25) is 0 Å². The minimum Gasteiger partial charge on any atom is -0.373 e. The Balaban J connectivity index is 1.37. The zero-order valence-corrected chi connectivity index (χ0v) is 14.2. The van der Waals surface area contributed by atoms with Gasteiger partial charge < -0.3 is 9.47 Å². The summed E-state index contributed by atoms with van der Waals surface area (Å²) in [7, 11) is 0. The second kappa shape index (κ2) is 7.60. The van der Waals surface area contributed by atoms with E-state index in [2.05, 4.69) is 9.88 Å². The average Bonchev–Trinajstić information content (AvgIpc) is 3.07. The van der Waals surface area contributed by atoms with Crippen LogP contribution in [0.1, 0.15) is 24.1 Å². The molecular formula is C20H23FN2O2. The van der Waals surface area contributed by atoms with E-state index in [-0.39, 0.29) is 18.0 Å². The second-order valence-corrected chi connectivity index (χ2v) is 6.75. The highest BCUT2D eigenvalue weighted by Gasteiger charge is 2.43. The van der Waals surface area contributed by atoms with Crippen molar-refractivity contribution in [3.8, 4) is 0 Å². The van der Waals surface area contributed by atoms with Crippen LogP contribution in [0.3, 0.4) is 0 Å². The van der Waals surface area contributed by atoms with E-state index in [9.17, 15) is 4.39 Å². The van der Waals surface area contributed by atoms with Crippen LogP contribution in [0.15, 0.2) is 48.7 Å². The van der Waals surface area contributed by atoms with Gasteiger partial charge in [-0.3, -0.25) is 9.88 Å². The highest BCUT2D eigenvalue weighted by molar-refractivity contribution is 5.16. The van der Waals surface area contributed by atoms with Crippen LogP contribution in [0.25, 0.3) is 0 Å². The number of hydrogen-bond acceptors (Lipinski definition) is 4. The van der Waals surface area contributed by atoms with Crippen LogP contribution < -0.4 is 0 Å². The van der Waals surface area contributed by atoms with Crippen molar-refractivity contribution in [1.29, 1.82) is 0 Å². The minimum absolute atomic E-state index is 0.109. The third-order valence-electron chi connectivity index (χ3n) is 5.12. The number of nitrogens with zero attached hydrogens (tertiary/aromatic N) is 2. The molecule has 4 nitrogen and oxygen atoms in total. The summed E-state index contributed by atoms with van der Waals surface area (Å²) in [6.45, 7) is 2.98. The fourth-order valence-corrected chi connectivity index (χ4v) is 3.87. The number of halogens is 1. The first kappa shape index (κ1) is 16.6. The lowest BCUT2D eigenvalue weighted by Crippen LogP contribution is -2.51. The number of morpholine rings is 1. The van der Waals surface area contributed by atoms with Crippen LogP contribution in [-0.2, 0) is 22.6 Å². The first-order valence-electron chi connectivity index (χ1n) is 8.91. The van der Waals surface area contributed by atoms with E-state index in [0.717, 1.165) is 37.2 Å². The fraction of sp³-hybridized carbons (Fsp3) is 0.450. The first-order chi connectivity index (χ1) is 12.3. The molecule has 2 aliphatic rings. The molecule has 2 fully saturated rings. The Kier molecular flexibility index (Phi) is 5.06. The Morgan fingerprint density at radius 3 is 2.84 bits per heavy atom. The summed E-state index contributed by atoms with van der Waals surface area (Å²) in [4.78, 5) is 6.76. The lowest BCUT2D eigenvalue weighted by Gasteiger charge is -2.39. The average molecular weight is 342 g/mol. The van der Waals surface area contributed by atoms with Crippen molar-refractivity contribution in [2.45, 2.75) is 44.2 Å². The number of hydrogen-bond donors (Lipinski definition) is 0. The molecule has 5 heteroatoms. The van der Waals surface area contributed by atoms with Gasteiger partial charge >= 0.3 is 0 Å². The Bertz CT molecular complexity index is 680. The summed E-state index contributed by atoms with van der Waals surface area (Å²) in [6, 6.07) is 13.0. The molecule has 4 rings (SSSR count). The topological polar surface area (TPSA) is 34.6 Å². The van der Waals surface area contributed by atoms with Crippen molar-refractivity contribution in [3.63, 3.8) is 0 Å². The molecule has 0 bridgehead atoms. The van der Waals surface area contributed by atoms with Crippen LogP contribution in [0.4, 0.5) is 4.39 Å². The zero-order valence-electron chi connectivity index (χ0n) is 14.2. The molecule has 25 heavy (non-hydrogen) atoms. The van der Waals surface area contributed by atoms with Crippen molar-refractivity contribution < 1.29 is 13.9 Å². The van der Waals surface area contributed by atoms with Gasteiger partial charge in [0, 0.05) is 25.3 Å². The van der Waals surface area contributed by atoms with E-state index in [1.54, 1.807) is 6.20 Å². The van der Waals surface area contributed by atoms with Gasteiger partial charge in [0.1, 0.15) is 5.82 Å². The fourth-order valence-electron chi connectivity index (χ4n) is 3.87. The second-order valence-electron chi connectivity index (χ2n) is 6.75. The van der Waals surface area contributed by atoms with Crippen LogP contribution in [0, 0.1) is 5.82 Å². The van der Waals surface area contributed by atoms with E-state index in [4.69, 9.17) is 9.47 Å². The Labute approximate surface area is 147 Å². The molecule has 0 radical (unpaired) electrons. The maximum atomic E-state index is 13.1. The Hall–Kier alpha value is -1.82. The van der Waals surface area contributed by atoms with Crippen molar-refractivity contribution in [1.82, 2.24) is 9.88 Å². The minimum atomic E-state index is -0.188. The monoisotopic (exact) mass is 342 g/mol. The number of benzene rings is 1. The number of aromatic nitrogens is 1.